The number of imide groups is 1. The van der Waals surface area contributed by atoms with Crippen molar-refractivity contribution in [3.63, 3.8) is 0 Å². The average Bonchev–Trinajstić information content (AvgIpc) is 2.93. The van der Waals surface area contributed by atoms with Crippen LogP contribution in [-0.2, 0) is 4.79 Å². The van der Waals surface area contributed by atoms with Crippen LogP contribution in [0.3, 0.4) is 0 Å². The monoisotopic (exact) mass is 422 g/mol. The van der Waals surface area contributed by atoms with Crippen LogP contribution in [0.2, 0.25) is 0 Å². The summed E-state index contributed by atoms with van der Waals surface area (Å²) in [7, 11) is 5.64. The van der Waals surface area contributed by atoms with Gasteiger partial charge >= 0.3 is 0 Å². The van der Waals surface area contributed by atoms with Crippen LogP contribution in [0.4, 0.5) is 4.79 Å². The standard InChI is InChI=1S/C19H26N4O3S2/c1-22(2)11-4-9-20-18(27)21-10-12-23-17(24)16(28-19(23)25)13-14-5-7-15(26-3)8-6-14/h5-8,13H,4,9-12H2,1-3H3,(H2,20,21,27)/b16-13-. The van der Waals surface area contributed by atoms with Gasteiger partial charge in [-0.3, -0.25) is 14.5 Å². The fraction of sp³-hybridized carbons (Fsp3) is 0.421. The molecule has 28 heavy (non-hydrogen) atoms. The number of nitrogens with one attached hydrogen (secondary N) is 2. The molecule has 1 heterocycles. The van der Waals surface area contributed by atoms with E-state index in [9.17, 15) is 9.59 Å². The molecule has 1 aliphatic heterocycles. The minimum absolute atomic E-state index is 0.267. The maximum Gasteiger partial charge on any atom is 0.293 e. The van der Waals surface area contributed by atoms with E-state index in [1.807, 2.05) is 38.4 Å². The lowest BCUT2D eigenvalue weighted by Gasteiger charge is -2.15. The van der Waals surface area contributed by atoms with Crippen LogP contribution in [-0.4, -0.2) is 73.4 Å². The lowest BCUT2D eigenvalue weighted by molar-refractivity contribution is -0.122. The molecular weight excluding hydrogens is 396 g/mol. The lowest BCUT2D eigenvalue weighted by Crippen LogP contribution is -2.41. The van der Waals surface area contributed by atoms with Crippen molar-refractivity contribution in [2.24, 2.45) is 0 Å². The maximum absolute atomic E-state index is 12.5. The molecule has 1 aromatic carbocycles. The Morgan fingerprint density at radius 2 is 1.89 bits per heavy atom. The number of nitrogens with zero attached hydrogens (tertiary/aromatic N) is 2. The fourth-order valence-corrected chi connectivity index (χ4v) is 3.55. The highest BCUT2D eigenvalue weighted by Gasteiger charge is 2.34. The smallest absolute Gasteiger partial charge is 0.293 e. The van der Waals surface area contributed by atoms with Crippen molar-refractivity contribution < 1.29 is 14.3 Å². The number of rotatable bonds is 9. The predicted molar refractivity (Wildman–Crippen MR) is 117 cm³/mol. The molecule has 0 radical (unpaired) electrons. The number of benzene rings is 1. The number of carbonyl (C=O) groups excluding carboxylic acids is 2. The molecule has 1 aromatic rings. The SMILES string of the molecule is COc1ccc(/C=C2\SC(=O)N(CCNC(=S)NCCCN(C)C)C2=O)cc1. The minimum atomic E-state index is -0.280. The Morgan fingerprint density at radius 1 is 1.21 bits per heavy atom. The van der Waals surface area contributed by atoms with Crippen molar-refractivity contribution >= 4 is 46.3 Å². The molecule has 0 spiro atoms. The fourth-order valence-electron chi connectivity index (χ4n) is 2.49. The van der Waals surface area contributed by atoms with Crippen LogP contribution in [0.15, 0.2) is 29.2 Å². The second-order valence-electron chi connectivity index (χ2n) is 6.45. The van der Waals surface area contributed by atoms with Crippen LogP contribution < -0.4 is 15.4 Å². The number of carbonyl (C=O) groups is 2. The van der Waals surface area contributed by atoms with E-state index in [4.69, 9.17) is 17.0 Å². The highest BCUT2D eigenvalue weighted by atomic mass is 32.2. The van der Waals surface area contributed by atoms with Crippen LogP contribution in [0.5, 0.6) is 5.75 Å². The van der Waals surface area contributed by atoms with Crippen molar-refractivity contribution in [2.75, 3.05) is 47.4 Å². The molecular formula is C19H26N4O3S2. The molecule has 0 aromatic heterocycles. The van der Waals surface area contributed by atoms with E-state index < -0.39 is 0 Å². The summed E-state index contributed by atoms with van der Waals surface area (Å²) in [5.41, 5.74) is 0.840. The summed E-state index contributed by atoms with van der Waals surface area (Å²) < 4.78 is 5.12. The quantitative estimate of drug-likeness (QED) is 0.356. The molecule has 1 aliphatic rings. The number of thioether (sulfide) groups is 1. The van der Waals surface area contributed by atoms with Crippen LogP contribution in [0.1, 0.15) is 12.0 Å². The first kappa shape index (κ1) is 22.2. The Morgan fingerprint density at radius 3 is 2.54 bits per heavy atom. The van der Waals surface area contributed by atoms with E-state index in [0.717, 1.165) is 42.6 Å². The Hall–Kier alpha value is -2.10. The highest BCUT2D eigenvalue weighted by Crippen LogP contribution is 2.32. The molecule has 0 unspecified atom stereocenters. The van der Waals surface area contributed by atoms with Crippen LogP contribution >= 0.6 is 24.0 Å². The Kier molecular flexibility index (Phi) is 8.75. The van der Waals surface area contributed by atoms with Gasteiger partial charge in [0, 0.05) is 19.6 Å². The first-order valence-corrected chi connectivity index (χ1v) is 10.2. The van der Waals surface area contributed by atoms with Gasteiger partial charge in [-0.2, -0.15) is 0 Å². The first-order chi connectivity index (χ1) is 13.4. The third-order valence-electron chi connectivity index (χ3n) is 3.98. The van der Waals surface area contributed by atoms with E-state index >= 15 is 0 Å². The van der Waals surface area contributed by atoms with Gasteiger partial charge in [0.15, 0.2) is 5.11 Å². The van der Waals surface area contributed by atoms with Crippen LogP contribution in [0, 0.1) is 0 Å². The lowest BCUT2D eigenvalue weighted by atomic mass is 10.2. The summed E-state index contributed by atoms with van der Waals surface area (Å²) in [5, 5.41) is 6.41. The van der Waals surface area contributed by atoms with E-state index in [1.54, 1.807) is 13.2 Å². The van der Waals surface area contributed by atoms with Crippen molar-refractivity contribution in [1.29, 1.82) is 0 Å². The normalized spacial score (nSPS) is 15.4. The number of amides is 2. The summed E-state index contributed by atoms with van der Waals surface area (Å²) in [6.45, 7) is 2.43. The van der Waals surface area contributed by atoms with Gasteiger partial charge in [0.05, 0.1) is 12.0 Å². The zero-order chi connectivity index (χ0) is 20.5. The Labute approximate surface area is 175 Å². The van der Waals surface area contributed by atoms with Crippen LogP contribution in [0.25, 0.3) is 6.08 Å². The zero-order valence-electron chi connectivity index (χ0n) is 16.4. The second kappa shape index (κ2) is 11.0. The van der Waals surface area contributed by atoms with Crippen molar-refractivity contribution in [1.82, 2.24) is 20.4 Å². The van der Waals surface area contributed by atoms with Gasteiger partial charge in [-0.15, -0.1) is 0 Å². The molecule has 0 atom stereocenters. The van der Waals surface area contributed by atoms with Gasteiger partial charge in [-0.1, -0.05) is 12.1 Å². The third kappa shape index (κ3) is 6.81. The first-order valence-electron chi connectivity index (χ1n) is 8.96. The maximum atomic E-state index is 12.5. The summed E-state index contributed by atoms with van der Waals surface area (Å²) >= 11 is 6.16. The van der Waals surface area contributed by atoms with Crippen molar-refractivity contribution in [3.8, 4) is 5.75 Å². The summed E-state index contributed by atoms with van der Waals surface area (Å²) in [4.78, 5) is 28.4. The number of hydrogen-bond acceptors (Lipinski definition) is 6. The predicted octanol–water partition coefficient (Wildman–Crippen LogP) is 2.15. The second-order valence-corrected chi connectivity index (χ2v) is 7.85. The number of thiocarbonyl (C=S) groups is 1. The largest absolute Gasteiger partial charge is 0.497 e. The van der Waals surface area contributed by atoms with Gasteiger partial charge in [-0.25, -0.2) is 0 Å². The zero-order valence-corrected chi connectivity index (χ0v) is 18.0. The molecule has 1 fully saturated rings. The van der Waals surface area contributed by atoms with Gasteiger partial charge < -0.3 is 20.3 Å². The highest BCUT2D eigenvalue weighted by molar-refractivity contribution is 8.18. The molecule has 2 rings (SSSR count). The molecule has 7 nitrogen and oxygen atoms in total. The summed E-state index contributed by atoms with van der Waals surface area (Å²) in [5.74, 6) is 0.458. The van der Waals surface area contributed by atoms with Gasteiger partial charge in [0.25, 0.3) is 11.1 Å². The van der Waals surface area contributed by atoms with Gasteiger partial charge in [0.2, 0.25) is 0 Å². The molecule has 9 heteroatoms. The number of ether oxygens (including phenoxy) is 1. The van der Waals surface area contributed by atoms with E-state index in [1.165, 1.54) is 4.90 Å². The average molecular weight is 423 g/mol. The summed E-state index contributed by atoms with van der Waals surface area (Å²) in [6.07, 6.45) is 2.70. The van der Waals surface area contributed by atoms with Crippen molar-refractivity contribution in [2.45, 2.75) is 6.42 Å². The van der Waals surface area contributed by atoms with E-state index in [-0.39, 0.29) is 17.7 Å². The molecule has 2 amide bonds. The van der Waals surface area contributed by atoms with E-state index in [2.05, 4.69) is 15.5 Å². The third-order valence-corrected chi connectivity index (χ3v) is 5.17. The molecule has 1 saturated heterocycles. The van der Waals surface area contributed by atoms with E-state index in [0.29, 0.717) is 16.6 Å². The molecule has 0 aliphatic carbocycles. The summed E-state index contributed by atoms with van der Waals surface area (Å²) in [6, 6.07) is 7.31. The Bertz CT molecular complexity index is 735. The topological polar surface area (TPSA) is 73.9 Å². The number of methoxy groups -OCH3 is 1. The molecule has 0 bridgehead atoms. The molecule has 2 N–H and O–H groups in total. The minimum Gasteiger partial charge on any atom is -0.497 e. The van der Waals surface area contributed by atoms with Gasteiger partial charge in [0.1, 0.15) is 5.75 Å². The van der Waals surface area contributed by atoms with Crippen molar-refractivity contribution in [3.05, 3.63) is 34.7 Å². The Balaban J connectivity index is 1.79. The van der Waals surface area contributed by atoms with Gasteiger partial charge in [-0.05, 0) is 74.8 Å². The molecule has 152 valence electrons. The number of hydrogen-bond donors (Lipinski definition) is 2. The molecule has 0 saturated carbocycles.